The summed E-state index contributed by atoms with van der Waals surface area (Å²) in [6.45, 7) is 22.2. The Kier molecular flexibility index (Phi) is 11.4. The SMILES string of the molecule is CC1=CC(C(C)(C)C)=C[C+](C)C1=C=c1c(Br)cc(=C=C=C=C=c2cc(Br)c(=Cc3c(C)cc(C(C)(C)C)cc3C)c(Br)c2)cc1Br. The average Bonchev–Trinajstić information content (AvgIpc) is 2.92. The first-order valence-electron chi connectivity index (χ1n) is 15.2. The van der Waals surface area contributed by atoms with Crippen molar-refractivity contribution in [3.63, 3.8) is 0 Å². The van der Waals surface area contributed by atoms with Crippen LogP contribution in [0.3, 0.4) is 0 Å². The van der Waals surface area contributed by atoms with E-state index in [0.29, 0.717) is 0 Å². The van der Waals surface area contributed by atoms with Gasteiger partial charge in [-0.25, -0.2) is 0 Å². The van der Waals surface area contributed by atoms with E-state index in [9.17, 15) is 0 Å². The largest absolute Gasteiger partial charge is 0.153 e. The van der Waals surface area contributed by atoms with E-state index in [1.165, 1.54) is 39.3 Å². The van der Waals surface area contributed by atoms with E-state index in [1.54, 1.807) is 0 Å². The van der Waals surface area contributed by atoms with Crippen LogP contribution in [0.2, 0.25) is 0 Å². The third-order valence-electron chi connectivity index (χ3n) is 7.99. The summed E-state index contributed by atoms with van der Waals surface area (Å²) in [7, 11) is 0. The Hall–Kier alpha value is -2.43. The van der Waals surface area contributed by atoms with Crippen molar-refractivity contribution >= 4 is 87.0 Å². The zero-order valence-electron chi connectivity index (χ0n) is 28.2. The summed E-state index contributed by atoms with van der Waals surface area (Å²) in [6.07, 6.45) is 6.78. The molecule has 0 saturated heterocycles. The Morgan fingerprint density at radius 3 is 1.59 bits per heavy atom. The summed E-state index contributed by atoms with van der Waals surface area (Å²) in [6, 6.07) is 12.7. The summed E-state index contributed by atoms with van der Waals surface area (Å²) in [4.78, 5) is 0. The lowest BCUT2D eigenvalue weighted by molar-refractivity contribution is 0.514. The van der Waals surface area contributed by atoms with Gasteiger partial charge in [-0.15, -0.1) is 0 Å². The Balaban J connectivity index is 1.79. The molecule has 3 aromatic carbocycles. The van der Waals surface area contributed by atoms with Crippen molar-refractivity contribution in [2.75, 3.05) is 0 Å². The number of benzene rings is 3. The number of hydrogen-bond donors (Lipinski definition) is 0. The van der Waals surface area contributed by atoms with E-state index >= 15 is 0 Å². The van der Waals surface area contributed by atoms with E-state index in [2.05, 4.69) is 192 Å². The van der Waals surface area contributed by atoms with Crippen molar-refractivity contribution in [3.05, 3.63) is 144 Å². The van der Waals surface area contributed by atoms with Crippen molar-refractivity contribution < 1.29 is 0 Å². The molecular weight excluding hydrogens is 824 g/mol. The third-order valence-corrected chi connectivity index (χ3v) is 10.6. The van der Waals surface area contributed by atoms with Crippen LogP contribution in [0.4, 0.5) is 0 Å². The highest BCUT2D eigenvalue weighted by Crippen LogP contribution is 2.37. The van der Waals surface area contributed by atoms with Crippen molar-refractivity contribution in [1.29, 1.82) is 0 Å². The summed E-state index contributed by atoms with van der Waals surface area (Å²) in [5.74, 6) is 1.21. The molecule has 234 valence electrons. The van der Waals surface area contributed by atoms with Crippen LogP contribution in [-0.4, -0.2) is 0 Å². The monoisotopic (exact) mass is 859 g/mol. The van der Waals surface area contributed by atoms with Crippen LogP contribution in [-0.2, 0) is 5.41 Å². The third kappa shape index (κ3) is 8.72. The van der Waals surface area contributed by atoms with E-state index < -0.39 is 0 Å². The molecule has 0 heterocycles. The van der Waals surface area contributed by atoms with Gasteiger partial charge in [0.15, 0.2) is 5.57 Å². The van der Waals surface area contributed by atoms with Crippen molar-refractivity contribution in [2.45, 2.75) is 74.7 Å². The van der Waals surface area contributed by atoms with Crippen LogP contribution in [0.25, 0.3) is 23.3 Å². The van der Waals surface area contributed by atoms with Gasteiger partial charge in [0.2, 0.25) is 0 Å². The van der Waals surface area contributed by atoms with Crippen LogP contribution >= 0.6 is 63.7 Å². The molecule has 0 aliphatic heterocycles. The number of hydrogen-bond acceptors (Lipinski definition) is 0. The summed E-state index contributed by atoms with van der Waals surface area (Å²) in [5, 5.41) is 3.80. The Morgan fingerprint density at radius 2 is 1.15 bits per heavy atom. The van der Waals surface area contributed by atoms with Gasteiger partial charge in [-0.3, -0.25) is 0 Å². The molecule has 0 N–H and O–H groups in total. The molecule has 0 unspecified atom stereocenters. The maximum atomic E-state index is 3.78. The molecule has 46 heavy (non-hydrogen) atoms. The number of aryl methyl sites for hydroxylation is 2. The minimum atomic E-state index is 0.102. The molecule has 0 fully saturated rings. The highest BCUT2D eigenvalue weighted by Gasteiger charge is 2.29. The Labute approximate surface area is 308 Å². The fraction of sp³-hybridized carbons (Fsp3) is 0.286. The molecule has 0 nitrogen and oxygen atoms in total. The second-order valence-corrected chi connectivity index (χ2v) is 17.4. The summed E-state index contributed by atoms with van der Waals surface area (Å²) in [5.41, 5.74) is 25.1. The first kappa shape index (κ1) is 36.4. The molecule has 0 bridgehead atoms. The van der Waals surface area contributed by atoms with Gasteiger partial charge in [0.05, 0.1) is 16.7 Å². The molecule has 0 aromatic heterocycles. The highest BCUT2D eigenvalue weighted by atomic mass is 79.9. The highest BCUT2D eigenvalue weighted by molar-refractivity contribution is 9.11. The quantitative estimate of drug-likeness (QED) is 0.169. The van der Waals surface area contributed by atoms with Crippen LogP contribution < -0.4 is 20.9 Å². The lowest BCUT2D eigenvalue weighted by Crippen LogP contribution is -2.15. The van der Waals surface area contributed by atoms with Crippen molar-refractivity contribution in [1.82, 2.24) is 0 Å². The topological polar surface area (TPSA) is 0 Å². The fourth-order valence-electron chi connectivity index (χ4n) is 5.26. The maximum absolute atomic E-state index is 3.78. The lowest BCUT2D eigenvalue weighted by atomic mass is 9.77. The number of rotatable bonds is 1. The van der Waals surface area contributed by atoms with Gasteiger partial charge in [0.1, 0.15) is 0 Å². The zero-order chi connectivity index (χ0) is 34.1. The van der Waals surface area contributed by atoms with Crippen molar-refractivity contribution in [2.24, 2.45) is 5.41 Å². The maximum Gasteiger partial charge on any atom is 0.153 e. The van der Waals surface area contributed by atoms with Gasteiger partial charge < -0.3 is 0 Å². The number of allylic oxidation sites excluding steroid dienone is 5. The molecule has 3 aromatic rings. The van der Waals surface area contributed by atoms with E-state index in [0.717, 1.165) is 44.3 Å². The molecule has 1 aliphatic carbocycles. The summed E-state index contributed by atoms with van der Waals surface area (Å²) >= 11 is 15.1. The van der Waals surface area contributed by atoms with Crippen LogP contribution in [0, 0.1) is 25.2 Å². The first-order chi connectivity index (χ1) is 21.3. The zero-order valence-corrected chi connectivity index (χ0v) is 34.6. The van der Waals surface area contributed by atoms with Crippen LogP contribution in [0.5, 0.6) is 0 Å². The minimum absolute atomic E-state index is 0.102. The predicted molar refractivity (Wildman–Crippen MR) is 211 cm³/mol. The van der Waals surface area contributed by atoms with Crippen molar-refractivity contribution in [3.8, 4) is 0 Å². The van der Waals surface area contributed by atoms with Crippen LogP contribution in [0.15, 0.2) is 94.6 Å². The molecule has 0 saturated carbocycles. The minimum Gasteiger partial charge on any atom is -0.0561 e. The Bertz CT molecular complexity index is 2140. The van der Waals surface area contributed by atoms with E-state index in [1.807, 2.05) is 24.3 Å². The molecule has 0 amide bonds. The second-order valence-electron chi connectivity index (χ2n) is 13.9. The molecule has 0 spiro atoms. The average molecular weight is 863 g/mol. The van der Waals surface area contributed by atoms with Gasteiger partial charge in [-0.2, -0.15) is 0 Å². The fourth-order valence-corrected chi connectivity index (χ4v) is 8.06. The smallest absolute Gasteiger partial charge is 0.0561 e. The number of halogens is 4. The van der Waals surface area contributed by atoms with Gasteiger partial charge in [0, 0.05) is 62.4 Å². The van der Waals surface area contributed by atoms with Gasteiger partial charge in [-0.05, 0) is 150 Å². The second kappa shape index (κ2) is 14.4. The molecule has 4 heteroatoms. The molecule has 4 rings (SSSR count). The van der Waals surface area contributed by atoms with Gasteiger partial charge in [0.25, 0.3) is 0 Å². The van der Waals surface area contributed by atoms with E-state index in [4.69, 9.17) is 0 Å². The van der Waals surface area contributed by atoms with Crippen LogP contribution in [0.1, 0.15) is 77.6 Å². The molecule has 0 radical (unpaired) electrons. The summed E-state index contributed by atoms with van der Waals surface area (Å²) < 4.78 is 3.81. The standard InChI is InChI=1S/C42H39Br4/c1-25-15-31(41(5,6)7)16-26(2)33(25)23-35-37(43)19-29(20-38(35)44)13-11-12-14-30-21-39(45)36(40(46)22-30)24-34-27(3)17-32(18-28(34)4)42(8,9)10/h15-23H,1-10H3/q+1. The Morgan fingerprint density at radius 1 is 0.674 bits per heavy atom. The molecular formula is C42H39Br4+. The molecule has 0 atom stereocenters. The lowest BCUT2D eigenvalue weighted by Gasteiger charge is -2.21. The first-order valence-corrected chi connectivity index (χ1v) is 18.4. The predicted octanol–water partition coefficient (Wildman–Crippen LogP) is 10.6. The normalized spacial score (nSPS) is 13.2. The molecule has 1 aliphatic rings. The van der Waals surface area contributed by atoms with Gasteiger partial charge >= 0.3 is 0 Å². The van der Waals surface area contributed by atoms with E-state index in [-0.39, 0.29) is 10.8 Å². The van der Waals surface area contributed by atoms with Gasteiger partial charge in [-0.1, -0.05) is 76.2 Å².